The summed E-state index contributed by atoms with van der Waals surface area (Å²) in [5, 5.41) is 8.94. The van der Waals surface area contributed by atoms with E-state index in [0.717, 1.165) is 26.1 Å². The highest BCUT2D eigenvalue weighted by Gasteiger charge is 2.21. The lowest BCUT2D eigenvalue weighted by Gasteiger charge is -2.16. The van der Waals surface area contributed by atoms with E-state index in [1.807, 2.05) is 18.2 Å². The number of benzene rings is 1. The van der Waals surface area contributed by atoms with Crippen LogP contribution in [0, 0.1) is 11.3 Å². The van der Waals surface area contributed by atoms with Crippen LogP contribution in [0.2, 0.25) is 0 Å². The number of likely N-dealkylation sites (tertiary alicyclic amines) is 1. The van der Waals surface area contributed by atoms with Gasteiger partial charge in [-0.3, -0.25) is 4.90 Å². The van der Waals surface area contributed by atoms with Gasteiger partial charge in [0.05, 0.1) is 11.7 Å². The highest BCUT2D eigenvalue weighted by molar-refractivity contribution is 5.42. The summed E-state index contributed by atoms with van der Waals surface area (Å²) in [6.45, 7) is 3.51. The molecule has 0 bridgehead atoms. The topological polar surface area (TPSA) is 45.5 Å². The third kappa shape index (κ3) is 3.22. The summed E-state index contributed by atoms with van der Waals surface area (Å²) in [7, 11) is 1.76. The average molecular weight is 246 g/mol. The molecular formula is C14H18N2O2. The Labute approximate surface area is 108 Å². The molecule has 0 aliphatic carbocycles. The highest BCUT2D eigenvalue weighted by atomic mass is 16.5. The summed E-state index contributed by atoms with van der Waals surface area (Å²) in [6, 6.07) is 9.46. The van der Waals surface area contributed by atoms with Gasteiger partial charge in [-0.2, -0.15) is 5.26 Å². The van der Waals surface area contributed by atoms with Crippen molar-refractivity contribution in [3.63, 3.8) is 0 Å². The van der Waals surface area contributed by atoms with Gasteiger partial charge in [-0.05, 0) is 18.6 Å². The Morgan fingerprint density at radius 1 is 1.44 bits per heavy atom. The van der Waals surface area contributed by atoms with Gasteiger partial charge in [-0.15, -0.1) is 0 Å². The Balaban J connectivity index is 1.77. The minimum absolute atomic E-state index is 0.358. The van der Waals surface area contributed by atoms with Crippen molar-refractivity contribution < 1.29 is 9.47 Å². The molecular weight excluding hydrogens is 228 g/mol. The van der Waals surface area contributed by atoms with E-state index in [2.05, 4.69) is 11.0 Å². The largest absolute Gasteiger partial charge is 0.491 e. The molecule has 1 unspecified atom stereocenters. The van der Waals surface area contributed by atoms with Crippen LogP contribution in [-0.4, -0.2) is 44.4 Å². The number of para-hydroxylation sites is 1. The van der Waals surface area contributed by atoms with Gasteiger partial charge in [-0.1, -0.05) is 12.1 Å². The Bertz CT molecular complexity index is 428. The van der Waals surface area contributed by atoms with Crippen LogP contribution in [0.4, 0.5) is 0 Å². The first-order valence-electron chi connectivity index (χ1n) is 6.20. The van der Waals surface area contributed by atoms with Gasteiger partial charge in [0, 0.05) is 26.7 Å². The number of ether oxygens (including phenoxy) is 2. The van der Waals surface area contributed by atoms with E-state index >= 15 is 0 Å². The summed E-state index contributed by atoms with van der Waals surface area (Å²) in [5.41, 5.74) is 0.591. The first-order valence-corrected chi connectivity index (χ1v) is 6.20. The summed E-state index contributed by atoms with van der Waals surface area (Å²) in [4.78, 5) is 2.32. The molecule has 2 rings (SSSR count). The minimum Gasteiger partial charge on any atom is -0.491 e. The van der Waals surface area contributed by atoms with Crippen molar-refractivity contribution in [2.45, 2.75) is 12.5 Å². The average Bonchev–Trinajstić information content (AvgIpc) is 2.87. The molecule has 0 saturated carbocycles. The first kappa shape index (κ1) is 12.9. The van der Waals surface area contributed by atoms with Crippen LogP contribution in [0.15, 0.2) is 24.3 Å². The van der Waals surface area contributed by atoms with Crippen LogP contribution in [0.5, 0.6) is 5.75 Å². The molecule has 1 saturated heterocycles. The van der Waals surface area contributed by atoms with Crippen molar-refractivity contribution in [2.75, 3.05) is 33.4 Å². The smallest absolute Gasteiger partial charge is 0.137 e. The second-order valence-electron chi connectivity index (χ2n) is 4.40. The lowest BCUT2D eigenvalue weighted by Crippen LogP contribution is -2.27. The quantitative estimate of drug-likeness (QED) is 0.792. The Kier molecular flexibility index (Phi) is 4.57. The molecule has 1 aliphatic heterocycles. The molecule has 4 heteroatoms. The van der Waals surface area contributed by atoms with Crippen LogP contribution in [0.3, 0.4) is 0 Å². The van der Waals surface area contributed by atoms with E-state index in [-0.39, 0.29) is 0 Å². The van der Waals surface area contributed by atoms with Crippen molar-refractivity contribution in [3.05, 3.63) is 29.8 Å². The number of nitrogens with zero attached hydrogens (tertiary/aromatic N) is 2. The monoisotopic (exact) mass is 246 g/mol. The van der Waals surface area contributed by atoms with Crippen molar-refractivity contribution in [1.29, 1.82) is 5.26 Å². The fraction of sp³-hybridized carbons (Fsp3) is 0.500. The number of rotatable bonds is 5. The lowest BCUT2D eigenvalue weighted by molar-refractivity contribution is 0.106. The van der Waals surface area contributed by atoms with E-state index < -0.39 is 0 Å². The summed E-state index contributed by atoms with van der Waals surface area (Å²) in [6.07, 6.45) is 1.45. The van der Waals surface area contributed by atoms with E-state index in [1.165, 1.54) is 0 Å². The molecule has 1 heterocycles. The van der Waals surface area contributed by atoms with E-state index in [0.29, 0.717) is 24.0 Å². The standard InChI is InChI=1S/C14H18N2O2/c1-17-13-6-7-16(11-13)8-9-18-14-5-3-2-4-12(14)10-15/h2-5,13H,6-9,11H2,1H3. The highest BCUT2D eigenvalue weighted by Crippen LogP contribution is 2.17. The van der Waals surface area contributed by atoms with Crippen molar-refractivity contribution in [1.82, 2.24) is 4.90 Å². The van der Waals surface area contributed by atoms with Gasteiger partial charge in [-0.25, -0.2) is 0 Å². The zero-order chi connectivity index (χ0) is 12.8. The minimum atomic E-state index is 0.358. The molecule has 1 aliphatic rings. The first-order chi connectivity index (χ1) is 8.83. The fourth-order valence-corrected chi connectivity index (χ4v) is 2.16. The van der Waals surface area contributed by atoms with Gasteiger partial charge >= 0.3 is 0 Å². The maximum absolute atomic E-state index is 8.94. The molecule has 1 fully saturated rings. The molecule has 0 aromatic heterocycles. The normalized spacial score (nSPS) is 19.7. The predicted molar refractivity (Wildman–Crippen MR) is 68.5 cm³/mol. The van der Waals surface area contributed by atoms with E-state index in [1.54, 1.807) is 13.2 Å². The van der Waals surface area contributed by atoms with Gasteiger partial charge < -0.3 is 9.47 Å². The van der Waals surface area contributed by atoms with E-state index in [9.17, 15) is 0 Å². The van der Waals surface area contributed by atoms with Gasteiger partial charge in [0.2, 0.25) is 0 Å². The zero-order valence-corrected chi connectivity index (χ0v) is 10.6. The molecule has 96 valence electrons. The second kappa shape index (κ2) is 6.39. The fourth-order valence-electron chi connectivity index (χ4n) is 2.16. The SMILES string of the molecule is COC1CCN(CCOc2ccccc2C#N)C1. The van der Waals surface area contributed by atoms with Crippen molar-refractivity contribution >= 4 is 0 Å². The van der Waals surface area contributed by atoms with Crippen molar-refractivity contribution in [3.8, 4) is 11.8 Å². The summed E-state index contributed by atoms with van der Waals surface area (Å²) in [5.74, 6) is 0.669. The Morgan fingerprint density at radius 2 is 2.28 bits per heavy atom. The molecule has 18 heavy (non-hydrogen) atoms. The molecule has 0 radical (unpaired) electrons. The maximum atomic E-state index is 8.94. The van der Waals surface area contributed by atoms with Crippen LogP contribution in [0.25, 0.3) is 0 Å². The molecule has 1 aromatic rings. The molecule has 0 N–H and O–H groups in total. The number of nitriles is 1. The zero-order valence-electron chi connectivity index (χ0n) is 10.6. The van der Waals surface area contributed by atoms with Gasteiger partial charge in [0.15, 0.2) is 0 Å². The van der Waals surface area contributed by atoms with Crippen LogP contribution < -0.4 is 4.74 Å². The van der Waals surface area contributed by atoms with Crippen LogP contribution >= 0.6 is 0 Å². The summed E-state index contributed by atoms with van der Waals surface area (Å²) < 4.78 is 11.0. The van der Waals surface area contributed by atoms with Crippen LogP contribution in [0.1, 0.15) is 12.0 Å². The third-order valence-corrected chi connectivity index (χ3v) is 3.24. The molecule has 4 nitrogen and oxygen atoms in total. The number of hydrogen-bond donors (Lipinski definition) is 0. The summed E-state index contributed by atoms with van der Waals surface area (Å²) >= 11 is 0. The van der Waals surface area contributed by atoms with Crippen LogP contribution in [-0.2, 0) is 4.74 Å². The number of methoxy groups -OCH3 is 1. The van der Waals surface area contributed by atoms with Gasteiger partial charge in [0.1, 0.15) is 18.4 Å². The van der Waals surface area contributed by atoms with Gasteiger partial charge in [0.25, 0.3) is 0 Å². The van der Waals surface area contributed by atoms with E-state index in [4.69, 9.17) is 14.7 Å². The number of hydrogen-bond acceptors (Lipinski definition) is 4. The Hall–Kier alpha value is -1.57. The maximum Gasteiger partial charge on any atom is 0.137 e. The second-order valence-corrected chi connectivity index (χ2v) is 4.40. The molecule has 1 aromatic carbocycles. The Morgan fingerprint density at radius 3 is 3.00 bits per heavy atom. The third-order valence-electron chi connectivity index (χ3n) is 3.24. The van der Waals surface area contributed by atoms with Crippen molar-refractivity contribution in [2.24, 2.45) is 0 Å². The predicted octanol–water partition coefficient (Wildman–Crippen LogP) is 1.66. The molecule has 1 atom stereocenters. The molecule has 0 spiro atoms. The lowest BCUT2D eigenvalue weighted by atomic mass is 10.2. The molecule has 0 amide bonds.